The summed E-state index contributed by atoms with van der Waals surface area (Å²) >= 11 is 0. The molecule has 19 rings (SSSR count). The summed E-state index contributed by atoms with van der Waals surface area (Å²) in [5.41, 5.74) is 24.8. The summed E-state index contributed by atoms with van der Waals surface area (Å²) in [4.78, 5) is 0. The van der Waals surface area contributed by atoms with Crippen molar-refractivity contribution >= 4 is 118 Å². The van der Waals surface area contributed by atoms with Crippen LogP contribution < -0.4 is 0 Å². The summed E-state index contributed by atoms with van der Waals surface area (Å²) in [5, 5.41) is 29.1. The maximum atomic E-state index is 5.00. The summed E-state index contributed by atoms with van der Waals surface area (Å²) in [7, 11) is 0. The van der Waals surface area contributed by atoms with E-state index < -0.39 is 0 Å². The molecule has 0 amide bonds. The number of hydrogen-bond donors (Lipinski definition) is 0. The minimum absolute atomic E-state index is 1.27. The van der Waals surface area contributed by atoms with Gasteiger partial charge in [0.2, 0.25) is 0 Å². The van der Waals surface area contributed by atoms with Gasteiger partial charge in [-0.1, -0.05) is 224 Å². The molecule has 18 aromatic carbocycles. The maximum absolute atomic E-state index is 5.00. The summed E-state index contributed by atoms with van der Waals surface area (Å²) in [6.45, 7) is 11.4. The summed E-state index contributed by atoms with van der Waals surface area (Å²) in [6, 6.07) is 91.1. The van der Waals surface area contributed by atoms with Crippen LogP contribution in [0.5, 0.6) is 0 Å². The van der Waals surface area contributed by atoms with Crippen molar-refractivity contribution in [2.24, 2.45) is 0 Å². The van der Waals surface area contributed by atoms with Crippen LogP contribution in [-0.2, 0) is 0 Å². The third-order valence-corrected chi connectivity index (χ3v) is 20.4. The summed E-state index contributed by atoms with van der Waals surface area (Å²) in [5.74, 6) is 0. The Morgan fingerprint density at radius 2 is 0.471 bits per heavy atom. The van der Waals surface area contributed by atoms with Gasteiger partial charge in [-0.2, -0.15) is 0 Å². The van der Waals surface area contributed by atoms with Gasteiger partial charge >= 0.3 is 0 Å². The van der Waals surface area contributed by atoms with E-state index in [9.17, 15) is 0 Å². The number of rotatable bonds is 5. The second kappa shape index (κ2) is 16.9. The first-order valence-corrected chi connectivity index (χ1v) is 30.2. The Morgan fingerprint density at radius 3 is 0.918 bits per heavy atom. The van der Waals surface area contributed by atoms with Gasteiger partial charge in [0.1, 0.15) is 0 Å². The fourth-order valence-corrected chi connectivity index (χ4v) is 16.7. The highest BCUT2D eigenvalue weighted by Crippen LogP contribution is 2.62. The average molecular weight is 1100 g/mol. The topological polar surface area (TPSA) is 0 Å². The standard InChI is InChI=1S/C85H54.7H2/c1-45-19-6-11-24-50(45)55-33-34-64-70-44-72-71(43-69(70)59-32-18-31-56(55)73(59)64)76(53-27-14-9-22-48(53)4)84-67-41-37-62-60-35-39-65-80-66(40-36-61(78(60)80)63-38-42-68(81(67)79(62)63)85(84)77(72)54-28-15-10-23-49(54)5)83-75(52-26-13-8-21-47(52)3)58-30-17-16-29-57(58)74(82(65)83)51-25-12-7-20-46(51)2;;;;;;;/h6-44H,1-5H3;7*1H/i;7*1+1D. The van der Waals surface area contributed by atoms with E-state index in [1.807, 2.05) is 0 Å². The largest absolute Gasteiger partial charge is 0.0620 e. The number of fused-ring (bicyclic) bond motifs is 13. The van der Waals surface area contributed by atoms with E-state index in [4.69, 9.17) is 20.8 Å². The molecule has 408 valence electrons. The first kappa shape index (κ1) is 40.7. The van der Waals surface area contributed by atoms with Crippen LogP contribution in [0.1, 0.15) is 48.6 Å². The predicted octanol–water partition coefficient (Wildman–Crippen LogP) is 25.9. The SMILES string of the molecule is Cc1ccccc1-c1c2c(c(-c3ccccc3C)c3ccccc13)-c1ccc3c4ccc5c6c(-c7ccccc7C)c7cc8c(cc7c(-c7ccccc7C)c6c6ccc(c7ccc-2c1c73)c4c65)c1cccc2c(-c3ccccc3C)ccc8c21.[2H][2H].[2H][2H].[2H][2H].[2H][2H].[2H][2H].[2H][2H].[2H][2H]. The van der Waals surface area contributed by atoms with Crippen molar-refractivity contribution in [2.45, 2.75) is 34.6 Å². The van der Waals surface area contributed by atoms with E-state index in [1.165, 1.54) is 224 Å². The highest BCUT2D eigenvalue weighted by atomic mass is 14.4. The molecule has 0 saturated heterocycles. The quantitative estimate of drug-likeness (QED) is 0.119. The molecule has 0 radical (unpaired) electrons. The van der Waals surface area contributed by atoms with Crippen LogP contribution in [0, 0.1) is 34.6 Å². The van der Waals surface area contributed by atoms with Crippen LogP contribution in [0.15, 0.2) is 237 Å². The van der Waals surface area contributed by atoms with Gasteiger partial charge in [0.15, 0.2) is 0 Å². The molecule has 1 aliphatic carbocycles. The van der Waals surface area contributed by atoms with Gasteiger partial charge in [0, 0.05) is 20.8 Å². The Hall–Kier alpha value is -10.4. The number of benzene rings is 16. The summed E-state index contributed by atoms with van der Waals surface area (Å²) < 4.78 is 70.0. The van der Waals surface area contributed by atoms with Crippen molar-refractivity contribution in [3.8, 4) is 77.9 Å². The molecule has 0 unspecified atom stereocenters. The first-order chi connectivity index (χ1) is 48.8. The Bertz CT molecular complexity index is 5760. The molecule has 0 bridgehead atoms. The van der Waals surface area contributed by atoms with Gasteiger partial charge in [-0.05, 0) is 271 Å². The molecule has 0 atom stereocenters. The molecule has 0 N–H and O–H groups in total. The van der Waals surface area contributed by atoms with Crippen molar-refractivity contribution in [2.75, 3.05) is 0 Å². The molecule has 0 heterocycles. The lowest BCUT2D eigenvalue weighted by Crippen LogP contribution is -1.95. The van der Waals surface area contributed by atoms with Gasteiger partial charge in [-0.3, -0.25) is 0 Å². The number of aryl methyl sites for hydroxylation is 5. The molecule has 0 fully saturated rings. The second-order valence-electron chi connectivity index (χ2n) is 24.6. The smallest absolute Gasteiger partial charge is 0 e. The molecular weight excluding hydrogens is 1020 g/mol. The van der Waals surface area contributed by atoms with Crippen LogP contribution in [0.25, 0.3) is 196 Å². The van der Waals surface area contributed by atoms with Gasteiger partial charge in [0.05, 0.1) is 0 Å². The third kappa shape index (κ3) is 6.01. The molecule has 85 heavy (non-hydrogen) atoms. The van der Waals surface area contributed by atoms with E-state index in [0.29, 0.717) is 0 Å². The van der Waals surface area contributed by atoms with Gasteiger partial charge in [0.25, 0.3) is 0 Å². The van der Waals surface area contributed by atoms with E-state index in [0.717, 1.165) is 0 Å². The van der Waals surface area contributed by atoms with Crippen LogP contribution >= 0.6 is 0 Å². The molecule has 0 heteroatoms. The van der Waals surface area contributed by atoms with E-state index >= 15 is 0 Å². The average Bonchev–Trinajstić information content (AvgIpc) is 1.53. The lowest BCUT2D eigenvalue weighted by Gasteiger charge is -2.22. The lowest BCUT2D eigenvalue weighted by atomic mass is 9.81. The van der Waals surface area contributed by atoms with Crippen molar-refractivity contribution in [3.05, 3.63) is 264 Å². The molecule has 0 saturated carbocycles. The molecule has 0 aromatic heterocycles. The lowest BCUT2D eigenvalue weighted by molar-refractivity contribution is 1.46. The van der Waals surface area contributed by atoms with Crippen LogP contribution in [-0.4, -0.2) is 0 Å². The normalized spacial score (nSPS) is 13.2. The van der Waals surface area contributed by atoms with E-state index in [2.05, 4.69) is 271 Å². The molecule has 1 aliphatic rings. The van der Waals surface area contributed by atoms with Crippen LogP contribution in [0.2, 0.25) is 0 Å². The van der Waals surface area contributed by atoms with Crippen LogP contribution in [0.4, 0.5) is 0 Å². The Labute approximate surface area is 514 Å². The molecule has 0 nitrogen and oxygen atoms in total. The minimum atomic E-state index is 1.27. The first-order valence-electron chi connectivity index (χ1n) is 37.2. The van der Waals surface area contributed by atoms with Gasteiger partial charge in [-0.15, -0.1) is 0 Å². The third-order valence-electron chi connectivity index (χ3n) is 20.4. The van der Waals surface area contributed by atoms with Crippen molar-refractivity contribution in [3.63, 3.8) is 0 Å². The van der Waals surface area contributed by atoms with E-state index in [-0.39, 0.29) is 0 Å². The highest BCUT2D eigenvalue weighted by molar-refractivity contribution is 6.48. The Morgan fingerprint density at radius 1 is 0.165 bits per heavy atom. The zero-order chi connectivity index (χ0) is 70.2. The Balaban J connectivity index is 0.000000629. The van der Waals surface area contributed by atoms with Crippen LogP contribution in [0.3, 0.4) is 0 Å². The monoisotopic (exact) mass is 1100 g/mol. The predicted molar refractivity (Wildman–Crippen MR) is 383 cm³/mol. The maximum Gasteiger partial charge on any atom is 0 e. The molecule has 0 aliphatic heterocycles. The Kier molecular flexibility index (Phi) is 8.09. The van der Waals surface area contributed by atoms with Gasteiger partial charge < -0.3 is 0 Å². The molecular formula is C85H68. The molecule has 18 aromatic rings. The highest BCUT2D eigenvalue weighted by Gasteiger charge is 2.34. The zero-order valence-corrected chi connectivity index (χ0v) is 48.0. The zero-order valence-electron chi connectivity index (χ0n) is 62.0. The number of hydrogen-bond acceptors (Lipinski definition) is 0. The van der Waals surface area contributed by atoms with Crippen molar-refractivity contribution in [1.29, 1.82) is 0 Å². The minimum Gasteiger partial charge on any atom is -0.0620 e. The fraction of sp³-hybridized carbons (Fsp3) is 0.0588. The van der Waals surface area contributed by atoms with Gasteiger partial charge in [-0.25, -0.2) is 0 Å². The molecule has 0 spiro atoms. The summed E-state index contributed by atoms with van der Waals surface area (Å²) in [6.07, 6.45) is 0. The fourth-order valence-electron chi connectivity index (χ4n) is 16.7. The van der Waals surface area contributed by atoms with Crippen molar-refractivity contribution in [1.82, 2.24) is 0 Å². The second-order valence-corrected chi connectivity index (χ2v) is 24.6. The van der Waals surface area contributed by atoms with E-state index in [1.54, 1.807) is 0 Å². The van der Waals surface area contributed by atoms with Crippen molar-refractivity contribution < 1.29 is 20.8 Å².